The Balaban J connectivity index is 1.50. The summed E-state index contributed by atoms with van der Waals surface area (Å²) in [6, 6.07) is 5.52. The number of likely N-dealkylation sites (tertiary alicyclic amines) is 1. The molecule has 10 nitrogen and oxygen atoms in total. The Morgan fingerprint density at radius 2 is 1.97 bits per heavy atom. The van der Waals surface area contributed by atoms with Crippen molar-refractivity contribution in [2.45, 2.75) is 52.2 Å². The van der Waals surface area contributed by atoms with E-state index in [2.05, 4.69) is 25.6 Å². The number of nitrogens with zero attached hydrogens (tertiary/aromatic N) is 6. The number of hydrogen-bond donors (Lipinski definition) is 2. The van der Waals surface area contributed by atoms with Crippen LogP contribution in [-0.2, 0) is 4.74 Å². The van der Waals surface area contributed by atoms with Crippen LogP contribution in [0.2, 0.25) is 0 Å². The molecule has 0 aliphatic carbocycles. The Morgan fingerprint density at radius 3 is 2.57 bits per heavy atom. The van der Waals surface area contributed by atoms with Crippen molar-refractivity contribution in [3.8, 4) is 16.6 Å². The van der Waals surface area contributed by atoms with Crippen LogP contribution < -0.4 is 10.6 Å². The van der Waals surface area contributed by atoms with Crippen molar-refractivity contribution < 1.29 is 9.53 Å². The van der Waals surface area contributed by atoms with Gasteiger partial charge in [-0.05, 0) is 52.7 Å². The minimum atomic E-state index is -0.512. The Labute approximate surface area is 208 Å². The molecule has 0 bridgehead atoms. The summed E-state index contributed by atoms with van der Waals surface area (Å²) in [4.78, 5) is 32.0. The van der Waals surface area contributed by atoms with Crippen LogP contribution in [0.4, 0.5) is 22.2 Å². The lowest BCUT2D eigenvalue weighted by molar-refractivity contribution is 0.0210. The van der Waals surface area contributed by atoms with Crippen molar-refractivity contribution in [2.24, 2.45) is 0 Å². The number of carbonyl (C=O) groups is 1. The van der Waals surface area contributed by atoms with Crippen LogP contribution in [0, 0.1) is 18.3 Å². The van der Waals surface area contributed by atoms with Gasteiger partial charge in [0.1, 0.15) is 28.2 Å². The van der Waals surface area contributed by atoms with E-state index in [1.165, 1.54) is 0 Å². The van der Waals surface area contributed by atoms with Crippen LogP contribution in [0.3, 0.4) is 0 Å². The minimum Gasteiger partial charge on any atom is -0.444 e. The van der Waals surface area contributed by atoms with Gasteiger partial charge in [0, 0.05) is 36.4 Å². The fraction of sp³-hybridized carbons (Fsp3) is 0.417. The number of nitriles is 1. The highest BCUT2D eigenvalue weighted by molar-refractivity contribution is 7.13. The van der Waals surface area contributed by atoms with E-state index in [0.29, 0.717) is 36.2 Å². The number of aromatic nitrogens is 4. The first-order chi connectivity index (χ1) is 16.7. The summed E-state index contributed by atoms with van der Waals surface area (Å²) in [6.45, 7) is 8.77. The zero-order chi connectivity index (χ0) is 25.0. The molecular formula is C24H28N8O2S. The van der Waals surface area contributed by atoms with E-state index in [1.54, 1.807) is 40.8 Å². The number of aryl methyl sites for hydroxylation is 1. The number of thiazole rings is 1. The average Bonchev–Trinajstić information content (AvgIpc) is 3.25. The lowest BCUT2D eigenvalue weighted by Crippen LogP contribution is -2.44. The number of ether oxygens (including phenoxy) is 1. The Kier molecular flexibility index (Phi) is 7.12. The van der Waals surface area contributed by atoms with Crippen LogP contribution >= 0.6 is 11.3 Å². The molecule has 1 aliphatic heterocycles. The maximum atomic E-state index is 12.4. The Bertz CT molecular complexity index is 1220. The monoisotopic (exact) mass is 492 g/mol. The smallest absolute Gasteiger partial charge is 0.410 e. The van der Waals surface area contributed by atoms with E-state index in [9.17, 15) is 4.79 Å². The Morgan fingerprint density at radius 1 is 1.20 bits per heavy atom. The highest BCUT2D eigenvalue weighted by Gasteiger charge is 2.27. The summed E-state index contributed by atoms with van der Waals surface area (Å²) < 4.78 is 5.50. The highest BCUT2D eigenvalue weighted by Crippen LogP contribution is 2.31. The molecule has 1 saturated heterocycles. The van der Waals surface area contributed by atoms with Gasteiger partial charge in [0.05, 0.1) is 17.4 Å². The number of hydrogen-bond acceptors (Lipinski definition) is 10. The lowest BCUT2D eigenvalue weighted by Gasteiger charge is -2.34. The fourth-order valence-electron chi connectivity index (χ4n) is 3.58. The summed E-state index contributed by atoms with van der Waals surface area (Å²) in [5, 5.41) is 18.5. The van der Waals surface area contributed by atoms with Gasteiger partial charge in [0.15, 0.2) is 0 Å². The predicted molar refractivity (Wildman–Crippen MR) is 135 cm³/mol. The van der Waals surface area contributed by atoms with Crippen LogP contribution in [0.5, 0.6) is 0 Å². The van der Waals surface area contributed by atoms with Crippen LogP contribution in [-0.4, -0.2) is 55.7 Å². The normalized spacial score (nSPS) is 14.3. The Hall–Kier alpha value is -3.78. The molecule has 11 heteroatoms. The molecule has 0 unspecified atom stereocenters. The SMILES string of the molecule is Cc1csc(-c2cnc(Nc3ccc(C#N)nc3)nc2NC2CCN(C(=O)OC(C)(C)C)CC2)n1. The molecule has 3 aromatic rings. The topological polar surface area (TPSA) is 129 Å². The van der Waals surface area contributed by atoms with E-state index < -0.39 is 5.60 Å². The van der Waals surface area contributed by atoms with Gasteiger partial charge in [-0.3, -0.25) is 0 Å². The zero-order valence-electron chi connectivity index (χ0n) is 20.2. The first kappa shape index (κ1) is 24.3. The quantitative estimate of drug-likeness (QED) is 0.519. The van der Waals surface area contributed by atoms with E-state index in [1.807, 2.05) is 39.1 Å². The van der Waals surface area contributed by atoms with Crippen LogP contribution in [0.1, 0.15) is 45.0 Å². The average molecular weight is 493 g/mol. The summed E-state index contributed by atoms with van der Waals surface area (Å²) in [6.07, 6.45) is 4.58. The molecule has 4 rings (SSSR count). The molecule has 4 heterocycles. The third kappa shape index (κ3) is 6.42. The molecule has 1 aliphatic rings. The summed E-state index contributed by atoms with van der Waals surface area (Å²) in [7, 11) is 0. The van der Waals surface area contributed by atoms with Crippen molar-refractivity contribution >= 4 is 34.9 Å². The summed E-state index contributed by atoms with van der Waals surface area (Å²) in [5.41, 5.74) is 2.26. The van der Waals surface area contributed by atoms with E-state index in [4.69, 9.17) is 15.0 Å². The molecule has 1 fully saturated rings. The number of piperidine rings is 1. The van der Waals surface area contributed by atoms with Crippen molar-refractivity contribution in [3.05, 3.63) is 41.3 Å². The molecule has 2 N–H and O–H groups in total. The second kappa shape index (κ2) is 10.2. The van der Waals surface area contributed by atoms with Gasteiger partial charge >= 0.3 is 6.09 Å². The number of carbonyl (C=O) groups excluding carboxylic acids is 1. The molecule has 0 atom stereocenters. The lowest BCUT2D eigenvalue weighted by atomic mass is 10.1. The highest BCUT2D eigenvalue weighted by atomic mass is 32.1. The first-order valence-electron chi connectivity index (χ1n) is 11.4. The van der Waals surface area contributed by atoms with Gasteiger partial charge in [0.25, 0.3) is 0 Å². The predicted octanol–water partition coefficient (Wildman–Crippen LogP) is 4.73. The van der Waals surface area contributed by atoms with Gasteiger partial charge in [-0.2, -0.15) is 10.2 Å². The summed E-state index contributed by atoms with van der Waals surface area (Å²) >= 11 is 1.54. The van der Waals surface area contributed by atoms with Gasteiger partial charge in [-0.1, -0.05) is 0 Å². The molecule has 0 radical (unpaired) electrons. The fourth-order valence-corrected chi connectivity index (χ4v) is 4.38. The molecule has 0 aromatic carbocycles. The van der Waals surface area contributed by atoms with Crippen molar-refractivity contribution in [1.29, 1.82) is 5.26 Å². The molecule has 3 aromatic heterocycles. The van der Waals surface area contributed by atoms with Crippen molar-refractivity contribution in [2.75, 3.05) is 23.7 Å². The van der Waals surface area contributed by atoms with Gasteiger partial charge in [0.2, 0.25) is 5.95 Å². The maximum absolute atomic E-state index is 12.4. The third-order valence-electron chi connectivity index (χ3n) is 5.26. The van der Waals surface area contributed by atoms with Gasteiger partial charge < -0.3 is 20.3 Å². The molecule has 0 saturated carbocycles. The molecule has 182 valence electrons. The second-order valence-corrected chi connectivity index (χ2v) is 10.2. The summed E-state index contributed by atoms with van der Waals surface area (Å²) in [5.74, 6) is 1.08. The molecular weight excluding hydrogens is 464 g/mol. The van der Waals surface area contributed by atoms with Gasteiger partial charge in [-0.25, -0.2) is 19.7 Å². The number of rotatable bonds is 5. The number of pyridine rings is 1. The standard InChI is InChI=1S/C24H28N8O2S/c1-15-14-35-21(28-15)19-13-27-22(30-18-6-5-17(11-25)26-12-18)31-20(19)29-16-7-9-32(10-8-16)23(33)34-24(2,3)4/h5-6,12-14,16H,7-10H2,1-4H3,(H2,27,29,30,31). The van der Waals surface area contributed by atoms with Crippen LogP contribution in [0.25, 0.3) is 10.6 Å². The van der Waals surface area contributed by atoms with E-state index in [-0.39, 0.29) is 12.1 Å². The largest absolute Gasteiger partial charge is 0.444 e. The number of anilines is 3. The zero-order valence-corrected chi connectivity index (χ0v) is 21.0. The third-order valence-corrected chi connectivity index (χ3v) is 6.25. The molecule has 0 spiro atoms. The first-order valence-corrected chi connectivity index (χ1v) is 12.3. The number of nitrogens with one attached hydrogen (secondary N) is 2. The molecule has 1 amide bonds. The van der Waals surface area contributed by atoms with Gasteiger partial charge in [-0.15, -0.1) is 11.3 Å². The van der Waals surface area contributed by atoms with Crippen LogP contribution in [0.15, 0.2) is 29.9 Å². The molecule has 35 heavy (non-hydrogen) atoms. The van der Waals surface area contributed by atoms with E-state index >= 15 is 0 Å². The van der Waals surface area contributed by atoms with Crippen molar-refractivity contribution in [1.82, 2.24) is 24.8 Å². The maximum Gasteiger partial charge on any atom is 0.410 e. The minimum absolute atomic E-state index is 0.132. The second-order valence-electron chi connectivity index (χ2n) is 9.30. The number of amides is 1. The van der Waals surface area contributed by atoms with Crippen molar-refractivity contribution in [3.63, 3.8) is 0 Å². The van der Waals surface area contributed by atoms with E-state index in [0.717, 1.165) is 29.1 Å².